The number of aromatic nitrogens is 1. The van der Waals surface area contributed by atoms with Crippen LogP contribution in [0.25, 0.3) is 22.2 Å². The highest BCUT2D eigenvalue weighted by atomic mass is 79.9. The molecule has 242 valence electrons. The topological polar surface area (TPSA) is 139 Å². The van der Waals surface area contributed by atoms with Crippen LogP contribution in [0.15, 0.2) is 71.2 Å². The number of para-hydroxylation sites is 2. The lowest BCUT2D eigenvalue weighted by atomic mass is 9.99. The van der Waals surface area contributed by atoms with Crippen LogP contribution in [0.5, 0.6) is 0 Å². The molecule has 0 saturated carbocycles. The maximum atomic E-state index is 14.1. The quantitative estimate of drug-likeness (QED) is 0.132. The summed E-state index contributed by atoms with van der Waals surface area (Å²) in [5.74, 6) is -0.375. The number of urea groups is 1. The van der Waals surface area contributed by atoms with Crippen molar-refractivity contribution in [3.8, 4) is 11.3 Å². The van der Waals surface area contributed by atoms with Crippen LogP contribution >= 0.6 is 15.9 Å². The van der Waals surface area contributed by atoms with E-state index in [2.05, 4.69) is 48.2 Å². The van der Waals surface area contributed by atoms with Crippen LogP contribution in [0.1, 0.15) is 44.7 Å². The molecule has 46 heavy (non-hydrogen) atoms. The molecule has 2 atom stereocenters. The van der Waals surface area contributed by atoms with Crippen LogP contribution in [0.2, 0.25) is 0 Å². The van der Waals surface area contributed by atoms with Gasteiger partial charge in [-0.1, -0.05) is 42.5 Å². The van der Waals surface area contributed by atoms with E-state index in [1.807, 2.05) is 74.5 Å². The lowest BCUT2D eigenvalue weighted by Crippen LogP contribution is -2.51. The number of hydrogen-bond acceptors (Lipinski definition) is 5. The Morgan fingerprint density at radius 1 is 1.11 bits per heavy atom. The van der Waals surface area contributed by atoms with Gasteiger partial charge < -0.3 is 36.3 Å². The number of hydrogen-bond donors (Lipinski definition) is 6. The molecule has 0 saturated heterocycles. The van der Waals surface area contributed by atoms with Crippen molar-refractivity contribution >= 4 is 56.1 Å². The predicted molar refractivity (Wildman–Crippen MR) is 186 cm³/mol. The normalized spacial score (nSPS) is 15.7. The van der Waals surface area contributed by atoms with Crippen LogP contribution in [0, 0.1) is 0 Å². The summed E-state index contributed by atoms with van der Waals surface area (Å²) >= 11 is 3.79. The van der Waals surface area contributed by atoms with Gasteiger partial charge in [0.05, 0.1) is 28.5 Å². The minimum atomic E-state index is -0.675. The number of carbonyl (C=O) groups is 3. The van der Waals surface area contributed by atoms with Crippen LogP contribution in [-0.4, -0.2) is 59.2 Å². The van der Waals surface area contributed by atoms with Gasteiger partial charge in [-0.3, -0.25) is 9.59 Å². The number of rotatable bonds is 10. The van der Waals surface area contributed by atoms with Gasteiger partial charge in [0.15, 0.2) is 0 Å². The second-order valence-corrected chi connectivity index (χ2v) is 13.2. The average Bonchev–Trinajstić information content (AvgIpc) is 3.29. The fourth-order valence-corrected chi connectivity index (χ4v) is 6.45. The van der Waals surface area contributed by atoms with Gasteiger partial charge in [0.2, 0.25) is 11.8 Å². The third-order valence-electron chi connectivity index (χ3n) is 8.17. The molecule has 0 radical (unpaired) electrons. The average molecular weight is 690 g/mol. The van der Waals surface area contributed by atoms with Gasteiger partial charge in [0, 0.05) is 47.7 Å². The number of halogens is 1. The van der Waals surface area contributed by atoms with Gasteiger partial charge in [0.25, 0.3) is 0 Å². The number of nitrogens with zero attached hydrogens (tertiary/aromatic N) is 1. The lowest BCUT2D eigenvalue weighted by Gasteiger charge is -2.29. The van der Waals surface area contributed by atoms with Crippen molar-refractivity contribution in [2.45, 2.75) is 64.3 Å². The minimum Gasteiger partial charge on any atom is -0.392 e. The number of anilines is 2. The number of nitrogens with one attached hydrogen (secondary N) is 5. The SMILES string of the molecule is CNC(=O)Nc1ccccc1-c1[nH]c2ccc(CN3C(=O)[C@H](NC(=O)CC(C)(C)NC[C@@H](C)O)CCc4ccccc43)cc2c1Br. The van der Waals surface area contributed by atoms with Crippen molar-refractivity contribution in [3.63, 3.8) is 0 Å². The summed E-state index contributed by atoms with van der Waals surface area (Å²) in [6.45, 7) is 6.19. The zero-order valence-corrected chi connectivity index (χ0v) is 28.1. The van der Waals surface area contributed by atoms with E-state index in [9.17, 15) is 19.5 Å². The van der Waals surface area contributed by atoms with Crippen LogP contribution in [-0.2, 0) is 22.6 Å². The number of H-pyrrole nitrogens is 1. The molecule has 2 heterocycles. The van der Waals surface area contributed by atoms with Crippen LogP contribution in [0.4, 0.5) is 16.2 Å². The molecule has 10 nitrogen and oxygen atoms in total. The Bertz CT molecular complexity index is 1750. The van der Waals surface area contributed by atoms with E-state index in [0.29, 0.717) is 31.6 Å². The highest BCUT2D eigenvalue weighted by molar-refractivity contribution is 9.10. The molecular formula is C35H41BrN6O4. The van der Waals surface area contributed by atoms with Crippen molar-refractivity contribution < 1.29 is 19.5 Å². The summed E-state index contributed by atoms with van der Waals surface area (Å²) in [7, 11) is 1.57. The van der Waals surface area contributed by atoms with Crippen molar-refractivity contribution in [3.05, 3.63) is 82.3 Å². The van der Waals surface area contributed by atoms with Gasteiger partial charge in [-0.15, -0.1) is 0 Å². The number of aryl methyl sites for hydroxylation is 1. The Kier molecular flexibility index (Phi) is 10.1. The van der Waals surface area contributed by atoms with Gasteiger partial charge in [-0.2, -0.15) is 0 Å². The summed E-state index contributed by atoms with van der Waals surface area (Å²) in [5.41, 5.74) is 5.49. The van der Waals surface area contributed by atoms with E-state index >= 15 is 0 Å². The molecule has 1 aliphatic rings. The molecule has 4 amide bonds. The van der Waals surface area contributed by atoms with Crippen molar-refractivity contribution in [2.75, 3.05) is 23.8 Å². The standard InChI is InChI=1S/C35H41BrN6O4/c1-21(43)19-38-35(2,3)18-30(44)39-28-16-14-23-9-5-8-12-29(23)42(33(28)45)20-22-13-15-27-25(17-22)31(36)32(40-27)24-10-6-7-11-26(24)41-34(46)37-4/h5-13,15,17,21,28,38,40,43H,14,16,18-20H2,1-4H3,(H,39,44)(H2,37,41,46)/t21-,28-/m1/s1. The molecule has 0 fully saturated rings. The molecule has 0 spiro atoms. The fourth-order valence-electron chi connectivity index (χ4n) is 5.81. The van der Waals surface area contributed by atoms with E-state index in [4.69, 9.17) is 0 Å². The Balaban J connectivity index is 1.41. The molecule has 1 aliphatic heterocycles. The van der Waals surface area contributed by atoms with Crippen LogP contribution in [0.3, 0.4) is 0 Å². The van der Waals surface area contributed by atoms with Crippen LogP contribution < -0.4 is 26.2 Å². The number of aromatic amines is 1. The number of aliphatic hydroxyl groups excluding tert-OH is 1. The highest BCUT2D eigenvalue weighted by Crippen LogP contribution is 2.39. The van der Waals surface area contributed by atoms with Crippen molar-refractivity contribution in [1.29, 1.82) is 0 Å². The highest BCUT2D eigenvalue weighted by Gasteiger charge is 2.33. The lowest BCUT2D eigenvalue weighted by molar-refractivity contribution is -0.128. The summed E-state index contributed by atoms with van der Waals surface area (Å²) < 4.78 is 0.843. The van der Waals surface area contributed by atoms with Gasteiger partial charge in [-0.05, 0) is 84.9 Å². The van der Waals surface area contributed by atoms with Gasteiger partial charge in [0.1, 0.15) is 6.04 Å². The molecule has 5 rings (SSSR count). The molecule has 4 aromatic rings. The van der Waals surface area contributed by atoms with Gasteiger partial charge >= 0.3 is 6.03 Å². The molecule has 0 aliphatic carbocycles. The Morgan fingerprint density at radius 2 is 1.85 bits per heavy atom. The maximum absolute atomic E-state index is 14.1. The van der Waals surface area contributed by atoms with Crippen molar-refractivity contribution in [1.82, 2.24) is 20.9 Å². The van der Waals surface area contributed by atoms with Crippen molar-refractivity contribution in [2.24, 2.45) is 0 Å². The predicted octanol–water partition coefficient (Wildman–Crippen LogP) is 5.45. The summed E-state index contributed by atoms with van der Waals surface area (Å²) in [6.07, 6.45) is 0.785. The molecule has 6 N–H and O–H groups in total. The number of β-amino-alcohol motifs (C(OH)–C–C–N with tert-alkyl or cyclic N) is 1. The summed E-state index contributed by atoms with van der Waals surface area (Å²) in [6, 6.07) is 20.5. The maximum Gasteiger partial charge on any atom is 0.318 e. The smallest absolute Gasteiger partial charge is 0.318 e. The number of benzene rings is 3. The van der Waals surface area contributed by atoms with Gasteiger partial charge in [-0.25, -0.2) is 4.79 Å². The first-order chi connectivity index (χ1) is 22.0. The second-order valence-electron chi connectivity index (χ2n) is 12.4. The molecule has 0 unspecified atom stereocenters. The Labute approximate surface area is 277 Å². The zero-order chi connectivity index (χ0) is 33.0. The minimum absolute atomic E-state index is 0.156. The van der Waals surface area contributed by atoms with E-state index in [1.165, 1.54) is 0 Å². The Morgan fingerprint density at radius 3 is 2.61 bits per heavy atom. The summed E-state index contributed by atoms with van der Waals surface area (Å²) in [4.78, 5) is 44.6. The van der Waals surface area contributed by atoms with E-state index in [1.54, 1.807) is 18.9 Å². The zero-order valence-electron chi connectivity index (χ0n) is 26.5. The van der Waals surface area contributed by atoms with E-state index in [-0.39, 0.29) is 24.3 Å². The fraction of sp³-hybridized carbons (Fsp3) is 0.343. The molecular weight excluding hydrogens is 648 g/mol. The molecule has 11 heteroatoms. The Hall–Kier alpha value is -4.19. The first-order valence-corrected chi connectivity index (χ1v) is 16.2. The monoisotopic (exact) mass is 688 g/mol. The molecule has 3 aromatic carbocycles. The third-order valence-corrected chi connectivity index (χ3v) is 9.00. The molecule has 0 bridgehead atoms. The van der Waals surface area contributed by atoms with E-state index in [0.717, 1.165) is 43.4 Å². The summed E-state index contributed by atoms with van der Waals surface area (Å²) in [5, 5.41) is 22.3. The number of fused-ring (bicyclic) bond motifs is 2. The molecule has 1 aromatic heterocycles. The van der Waals surface area contributed by atoms with E-state index < -0.39 is 17.7 Å². The second kappa shape index (κ2) is 14.1. The first kappa shape index (κ1) is 33.2. The number of amides is 4. The largest absolute Gasteiger partial charge is 0.392 e. The number of carbonyl (C=O) groups excluding carboxylic acids is 3. The third kappa shape index (κ3) is 7.60. The first-order valence-electron chi connectivity index (χ1n) is 15.5. The number of aliphatic hydroxyl groups is 1.